The largest absolute Gasteiger partial charge is 0.467 e. The van der Waals surface area contributed by atoms with Gasteiger partial charge in [-0.25, -0.2) is 38.7 Å². The number of carbonyl (C=O) groups is 2. The molecule has 12 rings (SSSR count). The summed E-state index contributed by atoms with van der Waals surface area (Å²) in [6.07, 6.45) is 9.60. The van der Waals surface area contributed by atoms with Crippen LogP contribution in [0.3, 0.4) is 0 Å². The number of pyridine rings is 2. The number of carbonyl (C=O) groups excluding carboxylic acids is 2. The average molecular weight is 1130 g/mol. The quantitative estimate of drug-likeness (QED) is 0.0525. The van der Waals surface area contributed by atoms with Gasteiger partial charge in [0.25, 0.3) is 0 Å². The van der Waals surface area contributed by atoms with Crippen LogP contribution in [-0.2, 0) is 41.6 Å². The van der Waals surface area contributed by atoms with E-state index in [0.717, 1.165) is 10.6 Å². The van der Waals surface area contributed by atoms with Crippen molar-refractivity contribution in [3.63, 3.8) is 0 Å². The zero-order valence-corrected chi connectivity index (χ0v) is 44.8. The predicted molar refractivity (Wildman–Crippen MR) is 299 cm³/mol. The Morgan fingerprint density at radius 2 is 1.04 bits per heavy atom. The van der Waals surface area contributed by atoms with Crippen molar-refractivity contribution in [3.05, 3.63) is 192 Å². The molecule has 2 fully saturated rings. The lowest BCUT2D eigenvalue weighted by Crippen LogP contribution is -2.45. The molecule has 0 radical (unpaired) electrons. The average Bonchev–Trinajstić information content (AvgIpc) is 4.42. The number of nitrogens with one attached hydrogen (secondary N) is 6. The maximum atomic E-state index is 13.7. The van der Waals surface area contributed by atoms with Crippen molar-refractivity contribution in [2.24, 2.45) is 10.8 Å². The minimum atomic E-state index is -0.920. The first-order valence-electron chi connectivity index (χ1n) is 25.7. The van der Waals surface area contributed by atoms with Gasteiger partial charge in [-0.15, -0.1) is 11.3 Å². The molecule has 8 aromatic heterocycles. The fourth-order valence-electron chi connectivity index (χ4n) is 8.57. The summed E-state index contributed by atoms with van der Waals surface area (Å²) in [7, 11) is 0. The number of furan rings is 1. The monoisotopic (exact) mass is 1130 g/mol. The van der Waals surface area contributed by atoms with Gasteiger partial charge in [-0.1, -0.05) is 6.07 Å². The van der Waals surface area contributed by atoms with Gasteiger partial charge < -0.3 is 54.6 Å². The molecule has 10 heterocycles. The minimum absolute atomic E-state index is 0.102. The number of hydrogen-bond acceptors (Lipinski definition) is 18. The Balaban J connectivity index is 0.000000172. The minimum Gasteiger partial charge on any atom is -0.467 e. The summed E-state index contributed by atoms with van der Waals surface area (Å²) < 4.78 is 56.8. The number of imidazole rings is 2. The van der Waals surface area contributed by atoms with Crippen LogP contribution in [0.2, 0.25) is 0 Å². The highest BCUT2D eigenvalue weighted by atomic mass is 32.1. The number of rotatable bonds is 16. The van der Waals surface area contributed by atoms with E-state index in [9.17, 15) is 18.4 Å². The highest BCUT2D eigenvalue weighted by molar-refractivity contribution is 7.09. The van der Waals surface area contributed by atoms with Crippen LogP contribution in [-0.4, -0.2) is 88.1 Å². The molecule has 82 heavy (non-hydrogen) atoms. The van der Waals surface area contributed by atoms with Gasteiger partial charge in [-0.05, 0) is 122 Å². The SMILES string of the molecule is CC1(C(=O)Nc2ccncc2)COC(c2nc(-c3ccc(F)cc3)c(-c3ccnc(NCc4ccco4)n3)[nH]2)OC1.CC1(C(=O)Nc2ccncc2)COC(c2nc(-c3ccc(F)cc3)c(-c3ccnc(NCc4cccs4)n3)[nH]2)OC1. The molecule has 416 valence electrons. The van der Waals surface area contributed by atoms with Gasteiger partial charge in [0, 0.05) is 64.6 Å². The second kappa shape index (κ2) is 24.5. The van der Waals surface area contributed by atoms with E-state index in [-0.39, 0.29) is 49.9 Å². The molecule has 2 aromatic carbocycles. The molecule has 0 saturated carbocycles. The summed E-state index contributed by atoms with van der Waals surface area (Å²) in [4.78, 5) is 69.1. The van der Waals surface area contributed by atoms with Crippen molar-refractivity contribution in [3.8, 4) is 45.3 Å². The number of aromatic amines is 2. The Morgan fingerprint density at radius 3 is 1.46 bits per heavy atom. The van der Waals surface area contributed by atoms with Crippen molar-refractivity contribution in [1.82, 2.24) is 49.8 Å². The summed E-state index contributed by atoms with van der Waals surface area (Å²) in [6, 6.07) is 30.1. The lowest BCUT2D eigenvalue weighted by atomic mass is 9.91. The summed E-state index contributed by atoms with van der Waals surface area (Å²) in [5, 5.41) is 14.2. The third-order valence-corrected chi connectivity index (χ3v) is 14.0. The van der Waals surface area contributed by atoms with Crippen LogP contribution < -0.4 is 21.3 Å². The number of thiophene rings is 1. The number of hydrogen-bond donors (Lipinski definition) is 6. The summed E-state index contributed by atoms with van der Waals surface area (Å²) in [5.74, 6) is 1.21. The molecule has 0 unspecified atom stereocenters. The second-order valence-corrected chi connectivity index (χ2v) is 20.5. The molecule has 2 aliphatic rings. The fraction of sp³-hybridized carbons (Fsp3) is 0.207. The molecule has 0 aliphatic carbocycles. The first kappa shape index (κ1) is 54.5. The lowest BCUT2D eigenvalue weighted by Gasteiger charge is -2.35. The van der Waals surface area contributed by atoms with E-state index >= 15 is 0 Å². The summed E-state index contributed by atoms with van der Waals surface area (Å²) in [5.41, 5.74) is 4.21. The highest BCUT2D eigenvalue weighted by Gasteiger charge is 2.42. The van der Waals surface area contributed by atoms with Crippen molar-refractivity contribution < 1.29 is 41.7 Å². The van der Waals surface area contributed by atoms with Crippen molar-refractivity contribution in [2.75, 3.05) is 47.7 Å². The van der Waals surface area contributed by atoms with E-state index in [1.807, 2.05) is 23.6 Å². The maximum absolute atomic E-state index is 13.7. The number of benzene rings is 2. The second-order valence-electron chi connectivity index (χ2n) is 19.5. The number of ether oxygens (including phenoxy) is 4. The molecule has 10 aromatic rings. The van der Waals surface area contributed by atoms with Crippen LogP contribution in [0.4, 0.5) is 32.1 Å². The van der Waals surface area contributed by atoms with Gasteiger partial charge in [0.2, 0.25) is 36.3 Å². The van der Waals surface area contributed by atoms with Gasteiger partial charge in [-0.3, -0.25) is 19.6 Å². The van der Waals surface area contributed by atoms with E-state index in [2.05, 4.69) is 61.1 Å². The van der Waals surface area contributed by atoms with E-state index in [0.29, 0.717) is 93.3 Å². The Bertz CT molecular complexity index is 3480. The highest BCUT2D eigenvalue weighted by Crippen LogP contribution is 2.38. The Kier molecular flexibility index (Phi) is 16.3. The number of anilines is 4. The molecule has 6 N–H and O–H groups in total. The molecule has 0 bridgehead atoms. The molecule has 2 aliphatic heterocycles. The maximum Gasteiger partial charge on any atom is 0.235 e. The van der Waals surface area contributed by atoms with Gasteiger partial charge in [0.15, 0.2) is 11.6 Å². The van der Waals surface area contributed by atoms with Crippen LogP contribution in [0.5, 0.6) is 0 Å². The van der Waals surface area contributed by atoms with Crippen molar-refractivity contribution >= 4 is 46.4 Å². The molecule has 21 nitrogen and oxygen atoms in total. The Hall–Kier alpha value is -9.46. The standard InChI is InChI=1S/C29H26FN7O4.C29H26FN7O3S/c1-29(27(38)34-20-8-11-31-12-9-20)16-40-26(41-17-29)25-36-23(18-4-6-19(30)7-5-18)24(37-25)22-10-13-32-28(35-22)33-15-21-3-2-14-39-21;1-29(27(38)34-20-8-11-31-12-9-20)16-39-26(40-17-29)25-36-23(18-4-6-19(30)7-5-18)24(37-25)22-10-13-32-28(35-22)33-15-21-3-2-14-41-21/h2*2-14,26H,15-17H2,1H3,(H,36,37)(H,31,34,38)(H,32,33,35). The molecule has 0 spiro atoms. The first-order chi connectivity index (χ1) is 39.9. The van der Waals surface area contributed by atoms with Crippen LogP contribution >= 0.6 is 11.3 Å². The molecule has 2 saturated heterocycles. The van der Waals surface area contributed by atoms with Gasteiger partial charge in [-0.2, -0.15) is 0 Å². The zero-order valence-electron chi connectivity index (χ0n) is 44.0. The van der Waals surface area contributed by atoms with Crippen molar-refractivity contribution in [2.45, 2.75) is 39.5 Å². The first-order valence-corrected chi connectivity index (χ1v) is 26.6. The third kappa shape index (κ3) is 12.9. The fourth-order valence-corrected chi connectivity index (χ4v) is 9.21. The third-order valence-electron chi connectivity index (χ3n) is 13.1. The van der Waals surface area contributed by atoms with Gasteiger partial charge in [0.1, 0.15) is 17.4 Å². The summed E-state index contributed by atoms with van der Waals surface area (Å²) >= 11 is 1.64. The Morgan fingerprint density at radius 1 is 0.573 bits per heavy atom. The summed E-state index contributed by atoms with van der Waals surface area (Å²) in [6.45, 7) is 4.99. The zero-order chi connectivity index (χ0) is 56.5. The number of halogens is 2. The Labute approximate surface area is 471 Å². The van der Waals surface area contributed by atoms with E-state index in [1.54, 1.807) is 135 Å². The van der Waals surface area contributed by atoms with Crippen molar-refractivity contribution in [1.29, 1.82) is 0 Å². The van der Waals surface area contributed by atoms with Crippen LogP contribution in [0.25, 0.3) is 45.3 Å². The van der Waals surface area contributed by atoms with E-state index in [1.165, 1.54) is 24.3 Å². The van der Waals surface area contributed by atoms with E-state index in [4.69, 9.17) is 33.3 Å². The molecule has 0 atom stereocenters. The molecule has 2 amide bonds. The van der Waals surface area contributed by atoms with Gasteiger partial charge >= 0.3 is 0 Å². The number of nitrogens with zero attached hydrogens (tertiary/aromatic N) is 8. The van der Waals surface area contributed by atoms with Gasteiger partial charge in [0.05, 0.1) is 90.8 Å². The lowest BCUT2D eigenvalue weighted by molar-refractivity contribution is -0.229. The molecular weight excluding hydrogens is 1070 g/mol. The molecule has 24 heteroatoms. The molecular formula is C58H52F2N14O7S. The predicted octanol–water partition coefficient (Wildman–Crippen LogP) is 10.4. The smallest absolute Gasteiger partial charge is 0.235 e. The topological polar surface area (TPSA) is 267 Å². The number of amides is 2. The van der Waals surface area contributed by atoms with Crippen LogP contribution in [0.15, 0.2) is 162 Å². The normalized spacial score (nSPS) is 18.6. The number of H-pyrrole nitrogens is 2. The number of aromatic nitrogens is 10. The van der Waals surface area contributed by atoms with E-state index < -0.39 is 23.4 Å². The van der Waals surface area contributed by atoms with Crippen LogP contribution in [0.1, 0.15) is 48.7 Å². The van der Waals surface area contributed by atoms with Crippen LogP contribution in [0, 0.1) is 22.5 Å².